The number of aryl methyl sites for hydroxylation is 1. The van der Waals surface area contributed by atoms with Crippen molar-refractivity contribution in [1.82, 2.24) is 5.01 Å². The average molecular weight is 404 g/mol. The molecule has 2 amide bonds. The summed E-state index contributed by atoms with van der Waals surface area (Å²) in [6.07, 6.45) is 0.859. The van der Waals surface area contributed by atoms with Gasteiger partial charge in [0.05, 0.1) is 5.71 Å². The maximum absolute atomic E-state index is 12.6. The van der Waals surface area contributed by atoms with E-state index in [1.807, 2.05) is 19.1 Å². The number of rotatable bonds is 4. The topological polar surface area (TPSA) is 53.0 Å². The number of likely N-dealkylation sites (N-methyl/N-ethyl adjacent to an activating group) is 1. The van der Waals surface area contributed by atoms with E-state index in [4.69, 9.17) is 23.2 Å². The van der Waals surface area contributed by atoms with Crippen LogP contribution in [0.3, 0.4) is 0 Å². The van der Waals surface area contributed by atoms with Gasteiger partial charge in [0.1, 0.15) is 6.54 Å². The fourth-order valence-electron chi connectivity index (χ4n) is 2.91. The van der Waals surface area contributed by atoms with Crippen LogP contribution in [0.2, 0.25) is 10.0 Å². The molecule has 5 nitrogen and oxygen atoms in total. The Labute approximate surface area is 168 Å². The van der Waals surface area contributed by atoms with Gasteiger partial charge in [-0.15, -0.1) is 0 Å². The van der Waals surface area contributed by atoms with Crippen LogP contribution in [0.15, 0.2) is 47.6 Å². The third-order valence-corrected chi connectivity index (χ3v) is 4.96. The minimum Gasteiger partial charge on any atom is -0.314 e. The first kappa shape index (κ1) is 19.4. The Morgan fingerprint density at radius 2 is 1.78 bits per heavy atom. The number of hydrazone groups is 1. The van der Waals surface area contributed by atoms with Gasteiger partial charge < -0.3 is 4.90 Å². The van der Waals surface area contributed by atoms with Crippen LogP contribution in [-0.2, 0) is 9.59 Å². The van der Waals surface area contributed by atoms with Crippen LogP contribution in [0.25, 0.3) is 0 Å². The summed E-state index contributed by atoms with van der Waals surface area (Å²) in [6.45, 7) is 1.83. The second-order valence-electron chi connectivity index (χ2n) is 6.39. The molecule has 0 radical (unpaired) electrons. The van der Waals surface area contributed by atoms with Crippen LogP contribution in [0, 0.1) is 6.92 Å². The lowest BCUT2D eigenvalue weighted by atomic mass is 9.99. The molecular formula is C20H19Cl2N3O2. The summed E-state index contributed by atoms with van der Waals surface area (Å²) in [6, 6.07) is 12.5. The molecule has 7 heteroatoms. The third-order valence-electron chi connectivity index (χ3n) is 4.48. The van der Waals surface area contributed by atoms with Crippen LogP contribution < -0.4 is 4.90 Å². The van der Waals surface area contributed by atoms with Crippen molar-refractivity contribution in [2.24, 2.45) is 5.10 Å². The summed E-state index contributed by atoms with van der Waals surface area (Å²) >= 11 is 11.9. The van der Waals surface area contributed by atoms with E-state index in [0.29, 0.717) is 28.6 Å². The van der Waals surface area contributed by atoms with Crippen molar-refractivity contribution in [1.29, 1.82) is 0 Å². The molecule has 1 heterocycles. The minimum absolute atomic E-state index is 0.117. The molecule has 0 bridgehead atoms. The Balaban J connectivity index is 1.79. The highest BCUT2D eigenvalue weighted by Crippen LogP contribution is 2.22. The van der Waals surface area contributed by atoms with Crippen molar-refractivity contribution < 1.29 is 9.59 Å². The molecule has 0 saturated heterocycles. The van der Waals surface area contributed by atoms with E-state index in [-0.39, 0.29) is 18.4 Å². The smallest absolute Gasteiger partial charge is 0.248 e. The van der Waals surface area contributed by atoms with Crippen molar-refractivity contribution in [3.63, 3.8) is 0 Å². The number of amides is 2. The molecule has 2 aromatic rings. The van der Waals surface area contributed by atoms with Crippen LogP contribution >= 0.6 is 23.2 Å². The number of hydrogen-bond acceptors (Lipinski definition) is 3. The molecule has 0 aliphatic carbocycles. The van der Waals surface area contributed by atoms with Gasteiger partial charge >= 0.3 is 0 Å². The van der Waals surface area contributed by atoms with Gasteiger partial charge in [0.25, 0.3) is 0 Å². The quantitative estimate of drug-likeness (QED) is 0.764. The Hall–Kier alpha value is -2.37. The molecule has 1 aliphatic heterocycles. The average Bonchev–Trinajstić information content (AvgIpc) is 2.64. The van der Waals surface area contributed by atoms with Crippen molar-refractivity contribution in [2.75, 3.05) is 18.5 Å². The van der Waals surface area contributed by atoms with Gasteiger partial charge in [-0.3, -0.25) is 9.59 Å². The monoisotopic (exact) mass is 403 g/mol. The first-order chi connectivity index (χ1) is 12.8. The summed E-state index contributed by atoms with van der Waals surface area (Å²) in [5.74, 6) is -0.397. The summed E-state index contributed by atoms with van der Waals surface area (Å²) in [4.78, 5) is 26.4. The third kappa shape index (κ3) is 4.49. The largest absolute Gasteiger partial charge is 0.314 e. The molecule has 0 spiro atoms. The molecule has 0 atom stereocenters. The van der Waals surface area contributed by atoms with Crippen LogP contribution in [0.1, 0.15) is 24.0 Å². The number of carbonyl (C=O) groups excluding carboxylic acids is 2. The molecule has 0 N–H and O–H groups in total. The molecule has 1 aliphatic rings. The Bertz CT molecular complexity index is 910. The first-order valence-corrected chi connectivity index (χ1v) is 9.27. The van der Waals surface area contributed by atoms with Gasteiger partial charge in [0.2, 0.25) is 11.8 Å². The van der Waals surface area contributed by atoms with Crippen molar-refractivity contribution >= 4 is 46.4 Å². The highest BCUT2D eigenvalue weighted by atomic mass is 35.5. The van der Waals surface area contributed by atoms with Crippen molar-refractivity contribution in [3.05, 3.63) is 63.6 Å². The summed E-state index contributed by atoms with van der Waals surface area (Å²) in [5, 5.41) is 6.94. The standard InChI is InChI=1S/C20H19Cl2N3O2/c1-13-11-15(22)5-8-17(13)18-9-10-19(26)25(23-18)12-20(27)24(2)16-6-3-14(21)4-7-16/h3-8,11H,9-10,12H2,1-2H3. The van der Waals surface area contributed by atoms with Gasteiger partial charge in [0.15, 0.2) is 0 Å². The van der Waals surface area contributed by atoms with Gasteiger partial charge in [-0.2, -0.15) is 5.10 Å². The Morgan fingerprint density at radius 1 is 1.11 bits per heavy atom. The molecule has 0 fully saturated rings. The van der Waals surface area contributed by atoms with E-state index >= 15 is 0 Å². The van der Waals surface area contributed by atoms with Crippen LogP contribution in [-0.4, -0.2) is 36.1 Å². The fourth-order valence-corrected chi connectivity index (χ4v) is 3.26. The molecule has 0 unspecified atom stereocenters. The fraction of sp³-hybridized carbons (Fsp3) is 0.250. The zero-order valence-electron chi connectivity index (χ0n) is 15.1. The highest BCUT2D eigenvalue weighted by molar-refractivity contribution is 6.31. The first-order valence-electron chi connectivity index (χ1n) is 8.51. The van der Waals surface area contributed by atoms with E-state index in [0.717, 1.165) is 16.8 Å². The summed E-state index contributed by atoms with van der Waals surface area (Å²) in [5.41, 5.74) is 3.41. The van der Waals surface area contributed by atoms with E-state index in [1.54, 1.807) is 37.4 Å². The lowest BCUT2D eigenvalue weighted by molar-refractivity contribution is -0.135. The normalized spacial score (nSPS) is 14.1. The maximum Gasteiger partial charge on any atom is 0.248 e. The molecular weight excluding hydrogens is 385 g/mol. The van der Waals surface area contributed by atoms with Crippen LogP contribution in [0.4, 0.5) is 5.69 Å². The van der Waals surface area contributed by atoms with Gasteiger partial charge in [-0.1, -0.05) is 29.3 Å². The minimum atomic E-state index is -0.233. The SMILES string of the molecule is Cc1cc(Cl)ccc1C1=NN(CC(=O)N(C)c2ccc(Cl)cc2)C(=O)CC1. The second-order valence-corrected chi connectivity index (χ2v) is 7.26. The number of nitrogens with zero attached hydrogens (tertiary/aromatic N) is 3. The Kier molecular flexibility index (Phi) is 5.82. The molecule has 27 heavy (non-hydrogen) atoms. The number of carbonyl (C=O) groups is 2. The Morgan fingerprint density at radius 3 is 2.44 bits per heavy atom. The molecule has 140 valence electrons. The molecule has 2 aromatic carbocycles. The molecule has 0 aromatic heterocycles. The van der Waals surface area contributed by atoms with Gasteiger partial charge in [-0.05, 0) is 48.9 Å². The van der Waals surface area contributed by atoms with Gasteiger partial charge in [-0.25, -0.2) is 5.01 Å². The number of halogens is 2. The zero-order valence-corrected chi connectivity index (χ0v) is 16.6. The van der Waals surface area contributed by atoms with E-state index in [9.17, 15) is 9.59 Å². The lowest BCUT2D eigenvalue weighted by Crippen LogP contribution is -2.41. The molecule has 3 rings (SSSR count). The van der Waals surface area contributed by atoms with Crippen molar-refractivity contribution in [2.45, 2.75) is 19.8 Å². The van der Waals surface area contributed by atoms with Crippen LogP contribution in [0.5, 0.6) is 0 Å². The number of hydrogen-bond donors (Lipinski definition) is 0. The molecule has 0 saturated carbocycles. The van der Waals surface area contributed by atoms with Crippen molar-refractivity contribution in [3.8, 4) is 0 Å². The highest BCUT2D eigenvalue weighted by Gasteiger charge is 2.25. The summed E-state index contributed by atoms with van der Waals surface area (Å²) < 4.78 is 0. The van der Waals surface area contributed by atoms with E-state index in [1.165, 1.54) is 9.91 Å². The van der Waals surface area contributed by atoms with E-state index < -0.39 is 0 Å². The van der Waals surface area contributed by atoms with Gasteiger partial charge in [0, 0.05) is 41.2 Å². The maximum atomic E-state index is 12.6. The number of anilines is 1. The lowest BCUT2D eigenvalue weighted by Gasteiger charge is -2.26. The predicted octanol–water partition coefficient (Wildman–Crippen LogP) is 4.29. The summed E-state index contributed by atoms with van der Waals surface area (Å²) in [7, 11) is 1.66. The number of benzene rings is 2. The predicted molar refractivity (Wildman–Crippen MR) is 109 cm³/mol. The zero-order chi connectivity index (χ0) is 19.6. The second kappa shape index (κ2) is 8.11. The van der Waals surface area contributed by atoms with E-state index in [2.05, 4.69) is 5.10 Å².